The minimum Gasteiger partial charge on any atom is -0.476 e. The van der Waals surface area contributed by atoms with E-state index in [-0.39, 0.29) is 52.4 Å². The molecule has 0 radical (unpaired) electrons. The van der Waals surface area contributed by atoms with Gasteiger partial charge in [0, 0.05) is 17.6 Å². The molecular weight excluding hydrogens is 787 g/mol. The molecular formula is C53H44F2O5S. The highest BCUT2D eigenvalue weighted by Crippen LogP contribution is 2.67. The van der Waals surface area contributed by atoms with Gasteiger partial charge in [0.2, 0.25) is 9.84 Å². The Hall–Kier alpha value is -6.61. The summed E-state index contributed by atoms with van der Waals surface area (Å²) in [5, 5.41) is 0. The lowest BCUT2D eigenvalue weighted by Crippen LogP contribution is -2.66. The first-order valence-corrected chi connectivity index (χ1v) is 21.6. The van der Waals surface area contributed by atoms with Crippen LogP contribution in [0.15, 0.2) is 239 Å². The van der Waals surface area contributed by atoms with Crippen LogP contribution >= 0.6 is 0 Å². The first kappa shape index (κ1) is 41.1. The van der Waals surface area contributed by atoms with Crippen LogP contribution in [0.5, 0.6) is 11.5 Å². The predicted molar refractivity (Wildman–Crippen MR) is 235 cm³/mol. The molecule has 0 spiro atoms. The Bertz CT molecular complexity index is 2720. The molecule has 0 N–H and O–H groups in total. The molecule has 0 saturated heterocycles. The van der Waals surface area contributed by atoms with Gasteiger partial charge in [0.15, 0.2) is 11.4 Å². The van der Waals surface area contributed by atoms with Crippen molar-refractivity contribution in [3.05, 3.63) is 256 Å². The van der Waals surface area contributed by atoms with Gasteiger partial charge in [-0.05, 0) is 78.4 Å². The standard InChI is InChI=1S/C53H44F2O5S/c1-51(55,60-59-45-33-19-7-20-34-45)52(39-42-27-13-4-14-28-42)48(38-41-25-11-3-12-26-41)49(54)47(37-40-23-9-2-10-24-40)50(61(56,57)46-35-21-8-22-36-46)53(52,43-29-15-5-16-30-43)58-44-31-17-6-18-32-44/h2-36H,37-39H2,1H3. The number of hydrogen-bond donors (Lipinski definition) is 0. The van der Waals surface area contributed by atoms with Crippen molar-refractivity contribution in [3.63, 3.8) is 0 Å². The number of allylic oxidation sites excluding steroid dienone is 2. The number of alkyl halides is 1. The normalized spacial score (nSPS) is 18.9. The molecule has 7 aromatic rings. The fourth-order valence-electron chi connectivity index (χ4n) is 8.60. The van der Waals surface area contributed by atoms with Gasteiger partial charge in [-0.15, -0.1) is 4.89 Å². The SMILES string of the molecule is CC(F)(OOc1ccccc1)C1(Cc2ccccc2)C(Cc2ccccc2)=C(F)C(Cc2ccccc2)=C(S(=O)(=O)c2ccccc2)C1(Oc1ccccc1)c1ccccc1. The van der Waals surface area contributed by atoms with Crippen LogP contribution in [0.4, 0.5) is 8.78 Å². The summed E-state index contributed by atoms with van der Waals surface area (Å²) in [4.78, 5) is 11.4. The fourth-order valence-corrected chi connectivity index (χ4v) is 10.5. The van der Waals surface area contributed by atoms with Crippen molar-refractivity contribution in [1.82, 2.24) is 0 Å². The zero-order chi connectivity index (χ0) is 42.3. The van der Waals surface area contributed by atoms with Gasteiger partial charge >= 0.3 is 0 Å². The summed E-state index contributed by atoms with van der Waals surface area (Å²) < 4.78 is 78.4. The minimum absolute atomic E-state index is 0.0676. The Morgan fingerprint density at radius 2 is 0.967 bits per heavy atom. The largest absolute Gasteiger partial charge is 0.476 e. The van der Waals surface area contributed by atoms with Gasteiger partial charge in [0.25, 0.3) is 5.85 Å². The number of para-hydroxylation sites is 2. The molecule has 0 bridgehead atoms. The second-order valence-electron chi connectivity index (χ2n) is 15.2. The van der Waals surface area contributed by atoms with Crippen molar-refractivity contribution in [3.8, 4) is 11.5 Å². The quantitative estimate of drug-likeness (QED) is 0.0761. The minimum atomic E-state index is -4.81. The zero-order valence-corrected chi connectivity index (χ0v) is 34.4. The molecule has 61 heavy (non-hydrogen) atoms. The van der Waals surface area contributed by atoms with Crippen LogP contribution in [0.3, 0.4) is 0 Å². The molecule has 0 heterocycles. The molecule has 0 saturated carbocycles. The lowest BCUT2D eigenvalue weighted by molar-refractivity contribution is -0.380. The Balaban J connectivity index is 1.61. The molecule has 3 unspecified atom stereocenters. The van der Waals surface area contributed by atoms with E-state index in [0.717, 1.165) is 0 Å². The molecule has 0 aromatic heterocycles. The van der Waals surface area contributed by atoms with E-state index >= 15 is 17.2 Å². The Labute approximate surface area is 356 Å². The molecule has 0 aliphatic heterocycles. The third kappa shape index (κ3) is 7.92. The maximum Gasteiger partial charge on any atom is 0.263 e. The van der Waals surface area contributed by atoms with Gasteiger partial charge in [-0.3, -0.25) is 0 Å². The zero-order valence-electron chi connectivity index (χ0n) is 33.5. The highest BCUT2D eigenvalue weighted by molar-refractivity contribution is 7.95. The molecule has 8 heteroatoms. The summed E-state index contributed by atoms with van der Waals surface area (Å²) in [6.07, 6.45) is -0.648. The van der Waals surface area contributed by atoms with Gasteiger partial charge in [-0.25, -0.2) is 17.2 Å². The van der Waals surface area contributed by atoms with E-state index in [1.54, 1.807) is 133 Å². The lowest BCUT2D eigenvalue weighted by atomic mass is 9.53. The topological polar surface area (TPSA) is 61.8 Å². The highest BCUT2D eigenvalue weighted by atomic mass is 32.2. The van der Waals surface area contributed by atoms with Crippen molar-refractivity contribution in [2.24, 2.45) is 5.41 Å². The fraction of sp³-hybridized carbons (Fsp3) is 0.132. The van der Waals surface area contributed by atoms with Crippen LogP contribution in [0.2, 0.25) is 0 Å². The van der Waals surface area contributed by atoms with Gasteiger partial charge in [0.1, 0.15) is 21.9 Å². The number of benzene rings is 7. The van der Waals surface area contributed by atoms with Crippen LogP contribution in [0.25, 0.3) is 0 Å². The lowest BCUT2D eigenvalue weighted by Gasteiger charge is -2.58. The van der Waals surface area contributed by atoms with Gasteiger partial charge < -0.3 is 9.62 Å². The Morgan fingerprint density at radius 3 is 1.49 bits per heavy atom. The van der Waals surface area contributed by atoms with Crippen LogP contribution in [0.1, 0.15) is 29.2 Å². The van der Waals surface area contributed by atoms with Crippen LogP contribution in [-0.2, 0) is 39.6 Å². The Kier molecular flexibility index (Phi) is 11.8. The summed E-state index contributed by atoms with van der Waals surface area (Å²) in [6.45, 7) is 1.18. The van der Waals surface area contributed by atoms with E-state index < -0.39 is 37.4 Å². The van der Waals surface area contributed by atoms with Gasteiger partial charge in [-0.1, -0.05) is 176 Å². The first-order valence-electron chi connectivity index (χ1n) is 20.1. The summed E-state index contributed by atoms with van der Waals surface area (Å²) in [7, 11) is -4.81. The third-order valence-corrected chi connectivity index (χ3v) is 13.3. The molecule has 7 aromatic carbocycles. The average molecular weight is 831 g/mol. The molecule has 306 valence electrons. The maximum absolute atomic E-state index is 19.7. The number of rotatable bonds is 15. The van der Waals surface area contributed by atoms with Crippen molar-refractivity contribution in [1.29, 1.82) is 0 Å². The van der Waals surface area contributed by atoms with Crippen LogP contribution in [-0.4, -0.2) is 14.3 Å². The van der Waals surface area contributed by atoms with Crippen LogP contribution in [0, 0.1) is 5.41 Å². The molecule has 1 aliphatic carbocycles. The summed E-state index contributed by atoms with van der Waals surface area (Å²) in [6, 6.07) is 60.9. The predicted octanol–water partition coefficient (Wildman–Crippen LogP) is 12.3. The number of hydrogen-bond acceptors (Lipinski definition) is 5. The van der Waals surface area contributed by atoms with Crippen LogP contribution < -0.4 is 9.62 Å². The van der Waals surface area contributed by atoms with E-state index in [0.29, 0.717) is 16.7 Å². The van der Waals surface area contributed by atoms with E-state index in [1.165, 1.54) is 19.1 Å². The van der Waals surface area contributed by atoms with Crippen molar-refractivity contribution < 1.29 is 31.7 Å². The molecule has 8 rings (SSSR count). The molecule has 0 fully saturated rings. The van der Waals surface area contributed by atoms with E-state index in [4.69, 9.17) is 14.5 Å². The van der Waals surface area contributed by atoms with Gasteiger partial charge in [0.05, 0.1) is 4.90 Å². The second kappa shape index (κ2) is 17.5. The average Bonchev–Trinajstić information content (AvgIpc) is 3.30. The van der Waals surface area contributed by atoms with E-state index in [1.807, 2.05) is 66.7 Å². The Morgan fingerprint density at radius 1 is 0.541 bits per heavy atom. The second-order valence-corrected chi connectivity index (χ2v) is 17.1. The van der Waals surface area contributed by atoms with Crippen molar-refractivity contribution in [2.75, 3.05) is 0 Å². The first-order chi connectivity index (χ1) is 29.7. The van der Waals surface area contributed by atoms with E-state index in [2.05, 4.69) is 0 Å². The van der Waals surface area contributed by atoms with E-state index in [9.17, 15) is 0 Å². The summed E-state index contributed by atoms with van der Waals surface area (Å²) >= 11 is 0. The molecule has 0 amide bonds. The van der Waals surface area contributed by atoms with Gasteiger partial charge in [-0.2, -0.15) is 0 Å². The number of ether oxygens (including phenoxy) is 1. The highest BCUT2D eigenvalue weighted by Gasteiger charge is 2.74. The third-order valence-electron chi connectivity index (χ3n) is 11.3. The summed E-state index contributed by atoms with van der Waals surface area (Å²) in [5.74, 6) is -3.57. The molecule has 3 atom stereocenters. The number of sulfone groups is 1. The number of halogens is 2. The molecule has 1 aliphatic rings. The van der Waals surface area contributed by atoms with Crippen molar-refractivity contribution >= 4 is 9.84 Å². The molecule has 5 nitrogen and oxygen atoms in total. The monoisotopic (exact) mass is 830 g/mol. The van der Waals surface area contributed by atoms with Crippen molar-refractivity contribution in [2.45, 2.75) is 42.5 Å². The smallest absolute Gasteiger partial charge is 0.263 e. The maximum atomic E-state index is 19.7. The summed E-state index contributed by atoms with van der Waals surface area (Å²) in [5.41, 5.74) is -2.96.